The Bertz CT molecular complexity index is 838. The molecule has 2 aliphatic rings. The van der Waals surface area contributed by atoms with Crippen LogP contribution in [-0.4, -0.2) is 39.6 Å². The third-order valence-electron chi connectivity index (χ3n) is 4.24. The molecule has 2 heterocycles. The molecule has 1 aromatic carbocycles. The minimum absolute atomic E-state index is 0.106. The summed E-state index contributed by atoms with van der Waals surface area (Å²) >= 11 is 4.87. The van der Waals surface area contributed by atoms with E-state index in [4.69, 9.17) is 9.47 Å². The number of halogens is 1. The third kappa shape index (κ3) is 3.68. The first-order valence-electron chi connectivity index (χ1n) is 8.60. The van der Waals surface area contributed by atoms with Crippen molar-refractivity contribution >= 4 is 39.3 Å². The minimum atomic E-state index is -0.106. The second-order valence-corrected chi connectivity index (χ2v) is 7.97. The molecular weight excluding hydrogens is 420 g/mol. The van der Waals surface area contributed by atoms with Gasteiger partial charge in [0.2, 0.25) is 5.91 Å². The van der Waals surface area contributed by atoms with E-state index < -0.39 is 0 Å². The number of hydrogen-bond acceptors (Lipinski definition) is 6. The predicted octanol–water partition coefficient (Wildman–Crippen LogP) is 3.44. The van der Waals surface area contributed by atoms with Gasteiger partial charge in [0.1, 0.15) is 19.0 Å². The maximum atomic E-state index is 12.4. The van der Waals surface area contributed by atoms with Crippen LogP contribution in [0.1, 0.15) is 31.5 Å². The Morgan fingerprint density at radius 3 is 2.73 bits per heavy atom. The van der Waals surface area contributed by atoms with Gasteiger partial charge in [0, 0.05) is 29.1 Å². The topological polar surface area (TPSA) is 78.3 Å². The number of hydrogen-bond donors (Lipinski definition) is 1. The Labute approximate surface area is 164 Å². The summed E-state index contributed by atoms with van der Waals surface area (Å²) in [5, 5.41) is 12.3. The highest BCUT2D eigenvalue weighted by atomic mass is 79.9. The lowest BCUT2D eigenvalue weighted by Gasteiger charge is -2.20. The lowest BCUT2D eigenvalue weighted by atomic mass is 10.2. The van der Waals surface area contributed by atoms with Crippen molar-refractivity contribution in [3.05, 3.63) is 22.4 Å². The standard InChI is InChI=1S/C17H19BrN4O3S/c1-2-22-16(10-3-4-10)20-21-17(22)26-9-15(23)19-12-8-14-13(7-11(12)18)24-5-6-25-14/h7-8,10H,2-6,9H2,1H3,(H,19,23). The number of amides is 1. The average molecular weight is 439 g/mol. The van der Waals surface area contributed by atoms with Gasteiger partial charge in [0.15, 0.2) is 16.7 Å². The maximum Gasteiger partial charge on any atom is 0.234 e. The summed E-state index contributed by atoms with van der Waals surface area (Å²) in [6.07, 6.45) is 2.36. The molecule has 1 saturated carbocycles. The predicted molar refractivity (Wildman–Crippen MR) is 102 cm³/mol. The van der Waals surface area contributed by atoms with E-state index in [-0.39, 0.29) is 11.7 Å². The third-order valence-corrected chi connectivity index (χ3v) is 5.87. The fraction of sp³-hybridized carbons (Fsp3) is 0.471. The zero-order valence-electron chi connectivity index (χ0n) is 14.3. The molecule has 1 amide bonds. The summed E-state index contributed by atoms with van der Waals surface area (Å²) in [7, 11) is 0. The SMILES string of the molecule is CCn1c(SCC(=O)Nc2cc3c(cc2Br)OCCO3)nnc1C1CC1. The monoisotopic (exact) mass is 438 g/mol. The Morgan fingerprint density at radius 2 is 2.04 bits per heavy atom. The highest BCUT2D eigenvalue weighted by molar-refractivity contribution is 9.10. The highest BCUT2D eigenvalue weighted by Gasteiger charge is 2.30. The summed E-state index contributed by atoms with van der Waals surface area (Å²) in [4.78, 5) is 12.4. The van der Waals surface area contributed by atoms with E-state index in [1.54, 1.807) is 6.07 Å². The van der Waals surface area contributed by atoms with Crippen molar-refractivity contribution in [1.82, 2.24) is 14.8 Å². The first kappa shape index (κ1) is 17.7. The largest absolute Gasteiger partial charge is 0.486 e. The number of carbonyl (C=O) groups excluding carboxylic acids is 1. The van der Waals surface area contributed by atoms with Crippen LogP contribution >= 0.6 is 27.7 Å². The van der Waals surface area contributed by atoms with E-state index in [1.807, 2.05) is 6.07 Å². The fourth-order valence-electron chi connectivity index (χ4n) is 2.82. The number of aromatic nitrogens is 3. The van der Waals surface area contributed by atoms with Gasteiger partial charge in [-0.1, -0.05) is 11.8 Å². The summed E-state index contributed by atoms with van der Waals surface area (Å²) < 4.78 is 14.0. The molecule has 0 spiro atoms. The molecule has 1 fully saturated rings. The molecule has 1 aliphatic carbocycles. The van der Waals surface area contributed by atoms with Crippen LogP contribution in [0.5, 0.6) is 11.5 Å². The lowest BCUT2D eigenvalue weighted by molar-refractivity contribution is -0.113. The second-order valence-electron chi connectivity index (χ2n) is 6.17. The number of ether oxygens (including phenoxy) is 2. The van der Waals surface area contributed by atoms with Crippen molar-refractivity contribution in [2.75, 3.05) is 24.3 Å². The van der Waals surface area contributed by atoms with Gasteiger partial charge in [0.25, 0.3) is 0 Å². The van der Waals surface area contributed by atoms with Gasteiger partial charge in [-0.3, -0.25) is 4.79 Å². The van der Waals surface area contributed by atoms with Gasteiger partial charge in [-0.15, -0.1) is 10.2 Å². The summed E-state index contributed by atoms with van der Waals surface area (Å²) in [5.41, 5.74) is 0.662. The van der Waals surface area contributed by atoms with Crippen LogP contribution in [0.4, 0.5) is 5.69 Å². The molecule has 1 N–H and O–H groups in total. The maximum absolute atomic E-state index is 12.4. The smallest absolute Gasteiger partial charge is 0.234 e. The van der Waals surface area contributed by atoms with Gasteiger partial charge in [-0.25, -0.2) is 0 Å². The van der Waals surface area contributed by atoms with Crippen molar-refractivity contribution in [2.24, 2.45) is 0 Å². The van der Waals surface area contributed by atoms with Gasteiger partial charge < -0.3 is 19.4 Å². The van der Waals surface area contributed by atoms with Crippen molar-refractivity contribution < 1.29 is 14.3 Å². The molecule has 0 atom stereocenters. The van der Waals surface area contributed by atoms with Gasteiger partial charge in [0.05, 0.1) is 11.4 Å². The van der Waals surface area contributed by atoms with E-state index in [0.29, 0.717) is 36.3 Å². The summed E-state index contributed by atoms with van der Waals surface area (Å²) in [6, 6.07) is 3.59. The van der Waals surface area contributed by atoms with Gasteiger partial charge >= 0.3 is 0 Å². The van der Waals surface area contributed by atoms with Crippen LogP contribution in [0, 0.1) is 0 Å². The van der Waals surface area contributed by atoms with Crippen LogP contribution in [0.2, 0.25) is 0 Å². The Hall–Kier alpha value is -1.74. The molecule has 26 heavy (non-hydrogen) atoms. The number of nitrogens with one attached hydrogen (secondary N) is 1. The Kier molecular flexibility index (Phi) is 5.08. The van der Waals surface area contributed by atoms with Crippen molar-refractivity contribution in [3.8, 4) is 11.5 Å². The Balaban J connectivity index is 1.40. The number of benzene rings is 1. The fourth-order valence-corrected chi connectivity index (χ4v) is 4.05. The highest BCUT2D eigenvalue weighted by Crippen LogP contribution is 2.40. The zero-order valence-corrected chi connectivity index (χ0v) is 16.7. The quantitative estimate of drug-likeness (QED) is 0.695. The van der Waals surface area contributed by atoms with Gasteiger partial charge in [-0.2, -0.15) is 0 Å². The van der Waals surface area contributed by atoms with Crippen molar-refractivity contribution in [1.29, 1.82) is 0 Å². The van der Waals surface area contributed by atoms with E-state index in [2.05, 4.69) is 42.9 Å². The molecule has 7 nitrogen and oxygen atoms in total. The molecular formula is C17H19BrN4O3S. The molecule has 1 aromatic heterocycles. The first-order valence-corrected chi connectivity index (χ1v) is 10.4. The number of carbonyl (C=O) groups is 1. The van der Waals surface area contributed by atoms with Crippen molar-refractivity contribution in [3.63, 3.8) is 0 Å². The Morgan fingerprint density at radius 1 is 1.31 bits per heavy atom. The first-order chi connectivity index (χ1) is 12.7. The molecule has 0 unspecified atom stereocenters. The minimum Gasteiger partial charge on any atom is -0.486 e. The normalized spacial score (nSPS) is 15.8. The number of anilines is 1. The van der Waals surface area contributed by atoms with Gasteiger partial charge in [-0.05, 0) is 35.7 Å². The molecule has 0 bridgehead atoms. The molecule has 0 radical (unpaired) electrons. The lowest BCUT2D eigenvalue weighted by Crippen LogP contribution is -2.18. The van der Waals surface area contributed by atoms with E-state index in [0.717, 1.165) is 22.0 Å². The average Bonchev–Trinajstić information content (AvgIpc) is 3.40. The van der Waals surface area contributed by atoms with E-state index in [9.17, 15) is 4.79 Å². The molecule has 0 saturated heterocycles. The van der Waals surface area contributed by atoms with Crippen LogP contribution in [-0.2, 0) is 11.3 Å². The molecule has 138 valence electrons. The number of fused-ring (bicyclic) bond motifs is 1. The number of nitrogens with zero attached hydrogens (tertiary/aromatic N) is 3. The van der Waals surface area contributed by atoms with Crippen molar-refractivity contribution in [2.45, 2.75) is 37.4 Å². The van der Waals surface area contributed by atoms with Crippen LogP contribution in [0.25, 0.3) is 0 Å². The molecule has 2 aromatic rings. The number of thioether (sulfide) groups is 1. The van der Waals surface area contributed by atoms with Crippen LogP contribution in [0.3, 0.4) is 0 Å². The van der Waals surface area contributed by atoms with E-state index >= 15 is 0 Å². The van der Waals surface area contributed by atoms with Crippen LogP contribution < -0.4 is 14.8 Å². The molecule has 1 aliphatic heterocycles. The molecule has 4 rings (SSSR count). The summed E-state index contributed by atoms with van der Waals surface area (Å²) in [6.45, 7) is 3.93. The second kappa shape index (κ2) is 7.48. The van der Waals surface area contributed by atoms with Crippen LogP contribution in [0.15, 0.2) is 21.8 Å². The molecule has 9 heteroatoms. The summed E-state index contributed by atoms with van der Waals surface area (Å²) in [5.74, 6) is 3.07. The zero-order chi connectivity index (χ0) is 18.1. The number of rotatable bonds is 6. The van der Waals surface area contributed by atoms with E-state index in [1.165, 1.54) is 24.6 Å².